The van der Waals surface area contributed by atoms with E-state index >= 15 is 0 Å². The molecule has 98 valence electrons. The highest BCUT2D eigenvalue weighted by Crippen LogP contribution is 2.02. The number of aryl methyl sites for hydroxylation is 2. The lowest BCUT2D eigenvalue weighted by Gasteiger charge is -2.12. The predicted octanol–water partition coefficient (Wildman–Crippen LogP) is 4.30. The van der Waals surface area contributed by atoms with Gasteiger partial charge in [0.2, 0.25) is 0 Å². The zero-order valence-electron chi connectivity index (χ0n) is 12.3. The first-order valence-electron chi connectivity index (χ1n) is 6.88. The molecule has 0 fully saturated rings. The maximum atomic E-state index is 2.36. The van der Waals surface area contributed by atoms with Crippen molar-refractivity contribution in [2.24, 2.45) is 0 Å². The van der Waals surface area contributed by atoms with Crippen LogP contribution < -0.4 is 0 Å². The van der Waals surface area contributed by atoms with Crippen LogP contribution in [0.2, 0.25) is 0 Å². The van der Waals surface area contributed by atoms with E-state index in [1.807, 2.05) is 0 Å². The minimum atomic E-state index is 1.14. The lowest BCUT2D eigenvalue weighted by Crippen LogP contribution is -2.19. The van der Waals surface area contributed by atoms with Crippen LogP contribution in [0.5, 0.6) is 0 Å². The zero-order valence-corrected chi connectivity index (χ0v) is 12.3. The molecule has 0 bridgehead atoms. The fourth-order valence-corrected chi connectivity index (χ4v) is 1.70. The second-order valence-corrected chi connectivity index (χ2v) is 4.64. The summed E-state index contributed by atoms with van der Waals surface area (Å²) in [5, 5.41) is 0. The molecule has 0 atom stereocenters. The topological polar surface area (TPSA) is 3.24 Å². The molecule has 1 aromatic carbocycles. The Balaban J connectivity index is 0.000000304. The van der Waals surface area contributed by atoms with Crippen molar-refractivity contribution in [3.8, 4) is 0 Å². The van der Waals surface area contributed by atoms with E-state index in [4.69, 9.17) is 0 Å². The summed E-state index contributed by atoms with van der Waals surface area (Å²) in [6.45, 7) is 11.2. The van der Waals surface area contributed by atoms with Gasteiger partial charge in [-0.2, -0.15) is 0 Å². The summed E-state index contributed by atoms with van der Waals surface area (Å²) in [6, 6.07) is 8.66. The molecular formula is C16H29N. The molecule has 0 unspecified atom stereocenters. The molecule has 0 aromatic heterocycles. The number of benzene rings is 1. The molecule has 0 N–H and O–H groups in total. The highest BCUT2D eigenvalue weighted by Gasteiger charge is 1.90. The molecule has 1 aromatic rings. The van der Waals surface area contributed by atoms with Crippen LogP contribution in [0.4, 0.5) is 0 Å². The third kappa shape index (κ3) is 8.93. The van der Waals surface area contributed by atoms with Crippen LogP contribution in [0, 0.1) is 6.92 Å². The molecule has 0 radical (unpaired) electrons. The minimum absolute atomic E-state index is 1.14. The third-order valence-corrected chi connectivity index (χ3v) is 2.74. The Morgan fingerprint density at radius 3 is 1.71 bits per heavy atom. The molecule has 0 aliphatic carbocycles. The smallest absolute Gasteiger partial charge is 0.00244 e. The van der Waals surface area contributed by atoms with Gasteiger partial charge in [0.15, 0.2) is 0 Å². The molecule has 1 heteroatoms. The van der Waals surface area contributed by atoms with Crippen LogP contribution in [-0.4, -0.2) is 25.0 Å². The number of hydrogen-bond donors (Lipinski definition) is 0. The summed E-state index contributed by atoms with van der Waals surface area (Å²) in [4.78, 5) is 2.36. The van der Waals surface area contributed by atoms with Gasteiger partial charge in [0.25, 0.3) is 0 Å². The van der Waals surface area contributed by atoms with Crippen LogP contribution >= 0.6 is 0 Å². The van der Waals surface area contributed by atoms with Crippen LogP contribution in [-0.2, 0) is 6.42 Å². The highest BCUT2D eigenvalue weighted by atomic mass is 15.1. The Labute approximate surface area is 108 Å². The van der Waals surface area contributed by atoms with Gasteiger partial charge in [-0.15, -0.1) is 0 Å². The second-order valence-electron chi connectivity index (χ2n) is 4.64. The van der Waals surface area contributed by atoms with Gasteiger partial charge in [-0.25, -0.2) is 0 Å². The Kier molecular flexibility index (Phi) is 9.84. The summed E-state index contributed by atoms with van der Waals surface area (Å²) in [5.41, 5.74) is 2.76. The molecule has 1 nitrogen and oxygen atoms in total. The molecular weight excluding hydrogens is 206 g/mol. The van der Waals surface area contributed by atoms with Crippen molar-refractivity contribution < 1.29 is 0 Å². The van der Waals surface area contributed by atoms with Crippen molar-refractivity contribution >= 4 is 0 Å². The van der Waals surface area contributed by atoms with Crippen molar-refractivity contribution in [3.05, 3.63) is 35.4 Å². The molecule has 0 saturated heterocycles. The van der Waals surface area contributed by atoms with Gasteiger partial charge in [-0.05, 0) is 51.9 Å². The normalized spacial score (nSPS) is 10.0. The van der Waals surface area contributed by atoms with Gasteiger partial charge < -0.3 is 4.90 Å². The Morgan fingerprint density at radius 2 is 1.35 bits per heavy atom. The first-order chi connectivity index (χ1) is 8.13. The molecule has 0 heterocycles. The maximum Gasteiger partial charge on any atom is -0.00244 e. The van der Waals surface area contributed by atoms with Crippen LogP contribution in [0.3, 0.4) is 0 Å². The fourth-order valence-electron chi connectivity index (χ4n) is 1.70. The van der Waals surface area contributed by atoms with E-state index < -0.39 is 0 Å². The first-order valence-corrected chi connectivity index (χ1v) is 6.88. The second kappa shape index (κ2) is 10.3. The van der Waals surface area contributed by atoms with Gasteiger partial charge in [-0.3, -0.25) is 0 Å². The van der Waals surface area contributed by atoms with E-state index in [1.165, 1.54) is 37.1 Å². The summed E-state index contributed by atoms with van der Waals surface area (Å²) in [7, 11) is 2.17. The monoisotopic (exact) mass is 235 g/mol. The fraction of sp³-hybridized carbons (Fsp3) is 0.625. The zero-order chi connectivity index (χ0) is 13.1. The van der Waals surface area contributed by atoms with Gasteiger partial charge in [0, 0.05) is 0 Å². The summed E-state index contributed by atoms with van der Waals surface area (Å²) >= 11 is 0. The highest BCUT2D eigenvalue weighted by molar-refractivity contribution is 5.20. The molecule has 0 aliphatic heterocycles. The standard InChI is InChI=1S/C9H12.C7H17N/c1-3-9-6-4-8(2)5-7-9;1-4-6-8(3)7-5-2/h4-7H,3H2,1-2H3;4-7H2,1-3H3. The lowest BCUT2D eigenvalue weighted by molar-refractivity contribution is 0.335. The average Bonchev–Trinajstić information content (AvgIpc) is 2.32. The Morgan fingerprint density at radius 1 is 0.882 bits per heavy atom. The summed E-state index contributed by atoms with van der Waals surface area (Å²) < 4.78 is 0. The Bertz CT molecular complexity index is 257. The quantitative estimate of drug-likeness (QED) is 0.735. The van der Waals surface area contributed by atoms with Crippen molar-refractivity contribution in [2.45, 2.75) is 47.0 Å². The number of hydrogen-bond acceptors (Lipinski definition) is 1. The van der Waals surface area contributed by atoms with Crippen LogP contribution in [0.1, 0.15) is 44.7 Å². The summed E-state index contributed by atoms with van der Waals surface area (Å²) in [6.07, 6.45) is 3.69. The Hall–Kier alpha value is -0.820. The van der Waals surface area contributed by atoms with E-state index in [2.05, 4.69) is 63.9 Å². The maximum absolute atomic E-state index is 2.36. The van der Waals surface area contributed by atoms with Gasteiger partial charge >= 0.3 is 0 Å². The molecule has 0 aliphatic rings. The number of rotatable bonds is 5. The van der Waals surface area contributed by atoms with E-state index in [0.717, 1.165) is 6.42 Å². The first kappa shape index (κ1) is 16.2. The molecule has 0 amide bonds. The number of nitrogens with zero attached hydrogens (tertiary/aromatic N) is 1. The van der Waals surface area contributed by atoms with Crippen molar-refractivity contribution in [2.75, 3.05) is 20.1 Å². The van der Waals surface area contributed by atoms with Gasteiger partial charge in [-0.1, -0.05) is 50.6 Å². The van der Waals surface area contributed by atoms with Crippen molar-refractivity contribution in [1.82, 2.24) is 4.90 Å². The van der Waals surface area contributed by atoms with E-state index in [-0.39, 0.29) is 0 Å². The van der Waals surface area contributed by atoms with Gasteiger partial charge in [0.1, 0.15) is 0 Å². The van der Waals surface area contributed by atoms with E-state index in [9.17, 15) is 0 Å². The van der Waals surface area contributed by atoms with E-state index in [0.29, 0.717) is 0 Å². The van der Waals surface area contributed by atoms with Crippen molar-refractivity contribution in [3.63, 3.8) is 0 Å². The predicted molar refractivity (Wildman–Crippen MR) is 78.6 cm³/mol. The third-order valence-electron chi connectivity index (χ3n) is 2.74. The van der Waals surface area contributed by atoms with Crippen LogP contribution in [0.15, 0.2) is 24.3 Å². The van der Waals surface area contributed by atoms with Crippen molar-refractivity contribution in [1.29, 1.82) is 0 Å². The van der Waals surface area contributed by atoms with E-state index in [1.54, 1.807) is 0 Å². The average molecular weight is 235 g/mol. The summed E-state index contributed by atoms with van der Waals surface area (Å²) in [5.74, 6) is 0. The molecule has 1 rings (SSSR count). The molecule has 0 saturated carbocycles. The minimum Gasteiger partial charge on any atom is -0.306 e. The molecule has 0 spiro atoms. The van der Waals surface area contributed by atoms with Crippen LogP contribution in [0.25, 0.3) is 0 Å². The van der Waals surface area contributed by atoms with Gasteiger partial charge in [0.05, 0.1) is 0 Å². The largest absolute Gasteiger partial charge is 0.306 e. The lowest BCUT2D eigenvalue weighted by atomic mass is 10.1. The SMILES string of the molecule is CCCN(C)CCC.CCc1ccc(C)cc1. The molecule has 17 heavy (non-hydrogen) atoms.